The minimum absolute atomic E-state index is 0.122. The summed E-state index contributed by atoms with van der Waals surface area (Å²) in [6.45, 7) is 0.493. The van der Waals surface area contributed by atoms with Gasteiger partial charge in [-0.05, 0) is 35.2 Å². The van der Waals surface area contributed by atoms with Crippen LogP contribution in [0.3, 0.4) is 0 Å². The molecule has 0 radical (unpaired) electrons. The lowest BCUT2D eigenvalue weighted by Crippen LogP contribution is -2.48. The summed E-state index contributed by atoms with van der Waals surface area (Å²) in [7, 11) is 0. The molecule has 0 aliphatic heterocycles. The summed E-state index contributed by atoms with van der Waals surface area (Å²) < 4.78 is 18.3. The van der Waals surface area contributed by atoms with E-state index >= 15 is 0 Å². The van der Waals surface area contributed by atoms with Crippen molar-refractivity contribution < 1.29 is 18.7 Å². The highest BCUT2D eigenvalue weighted by molar-refractivity contribution is 5.85. The van der Waals surface area contributed by atoms with E-state index in [0.29, 0.717) is 19.4 Å². The lowest BCUT2D eigenvalue weighted by Gasteiger charge is -2.18. The van der Waals surface area contributed by atoms with E-state index in [1.54, 1.807) is 12.1 Å². The normalized spacial score (nSPS) is 11.4. The van der Waals surface area contributed by atoms with Gasteiger partial charge in [0.15, 0.2) is 0 Å². The molecule has 0 aromatic heterocycles. The third-order valence-electron chi connectivity index (χ3n) is 4.73. The van der Waals surface area contributed by atoms with Crippen LogP contribution in [0.1, 0.15) is 16.7 Å². The Balaban J connectivity index is 1.56. The second-order valence-corrected chi connectivity index (χ2v) is 7.12. The Labute approximate surface area is 181 Å². The molecular formula is C25H25FN2O3. The summed E-state index contributed by atoms with van der Waals surface area (Å²) in [4.78, 5) is 25.1. The quantitative estimate of drug-likeness (QED) is 0.549. The summed E-state index contributed by atoms with van der Waals surface area (Å²) in [6, 6.07) is 24.1. The fourth-order valence-electron chi connectivity index (χ4n) is 3.07. The van der Waals surface area contributed by atoms with Crippen molar-refractivity contribution in [2.24, 2.45) is 0 Å². The predicted molar refractivity (Wildman–Crippen MR) is 117 cm³/mol. The van der Waals surface area contributed by atoms with Gasteiger partial charge in [-0.15, -0.1) is 0 Å². The van der Waals surface area contributed by atoms with Crippen molar-refractivity contribution in [3.63, 3.8) is 0 Å². The predicted octanol–water partition coefficient (Wildman–Crippen LogP) is 4.02. The maximum absolute atomic E-state index is 13.0. The smallest absolute Gasteiger partial charge is 0.408 e. The molecule has 3 aromatic carbocycles. The van der Waals surface area contributed by atoms with Crippen LogP contribution in [0.4, 0.5) is 9.18 Å². The molecule has 0 fully saturated rings. The zero-order valence-corrected chi connectivity index (χ0v) is 17.1. The monoisotopic (exact) mass is 420 g/mol. The minimum Gasteiger partial charge on any atom is -0.445 e. The van der Waals surface area contributed by atoms with Crippen molar-refractivity contribution in [3.05, 3.63) is 107 Å². The first kappa shape index (κ1) is 22.0. The molecule has 0 saturated carbocycles. The Bertz CT molecular complexity index is 963. The number of carbonyl (C=O) groups excluding carboxylic acids is 2. The second-order valence-electron chi connectivity index (χ2n) is 7.12. The van der Waals surface area contributed by atoms with Crippen molar-refractivity contribution in [1.82, 2.24) is 10.6 Å². The average Bonchev–Trinajstić information content (AvgIpc) is 2.80. The highest BCUT2D eigenvalue weighted by atomic mass is 19.1. The van der Waals surface area contributed by atoms with Crippen molar-refractivity contribution in [3.8, 4) is 0 Å². The Hall–Kier alpha value is -3.67. The maximum atomic E-state index is 13.0. The van der Waals surface area contributed by atoms with Gasteiger partial charge < -0.3 is 15.4 Å². The van der Waals surface area contributed by atoms with Crippen molar-refractivity contribution >= 4 is 12.0 Å². The zero-order chi connectivity index (χ0) is 21.9. The highest BCUT2D eigenvalue weighted by Crippen LogP contribution is 2.06. The van der Waals surface area contributed by atoms with E-state index in [-0.39, 0.29) is 18.3 Å². The largest absolute Gasteiger partial charge is 0.445 e. The summed E-state index contributed by atoms with van der Waals surface area (Å²) in [5.41, 5.74) is 2.70. The fourth-order valence-corrected chi connectivity index (χ4v) is 3.07. The van der Waals surface area contributed by atoms with E-state index in [9.17, 15) is 14.0 Å². The molecule has 3 rings (SSSR count). The van der Waals surface area contributed by atoms with E-state index in [2.05, 4.69) is 10.6 Å². The molecule has 0 heterocycles. The number of ether oxygens (including phenoxy) is 1. The Morgan fingerprint density at radius 1 is 0.806 bits per heavy atom. The van der Waals surface area contributed by atoms with Crippen LogP contribution in [0.5, 0.6) is 0 Å². The van der Waals surface area contributed by atoms with E-state index in [4.69, 9.17) is 4.74 Å². The van der Waals surface area contributed by atoms with Gasteiger partial charge in [-0.3, -0.25) is 4.79 Å². The molecular weight excluding hydrogens is 395 g/mol. The van der Waals surface area contributed by atoms with Crippen LogP contribution >= 0.6 is 0 Å². The van der Waals surface area contributed by atoms with Gasteiger partial charge in [0.1, 0.15) is 18.5 Å². The van der Waals surface area contributed by atoms with Gasteiger partial charge in [-0.2, -0.15) is 0 Å². The van der Waals surface area contributed by atoms with E-state index in [1.165, 1.54) is 12.1 Å². The molecule has 2 N–H and O–H groups in total. The molecule has 6 heteroatoms. The van der Waals surface area contributed by atoms with Crippen LogP contribution in [0, 0.1) is 5.82 Å². The van der Waals surface area contributed by atoms with Crippen LogP contribution in [0.2, 0.25) is 0 Å². The third kappa shape index (κ3) is 7.59. The summed E-state index contributed by atoms with van der Waals surface area (Å²) in [5, 5.41) is 5.51. The van der Waals surface area contributed by atoms with E-state index in [1.807, 2.05) is 60.7 Å². The van der Waals surface area contributed by atoms with Crippen LogP contribution in [0.15, 0.2) is 84.9 Å². The Morgan fingerprint density at radius 2 is 1.42 bits per heavy atom. The van der Waals surface area contributed by atoms with Crippen LogP contribution < -0.4 is 10.6 Å². The first-order valence-corrected chi connectivity index (χ1v) is 10.1. The molecule has 3 aromatic rings. The van der Waals surface area contributed by atoms with Crippen LogP contribution in [0.25, 0.3) is 0 Å². The number of halogens is 1. The zero-order valence-electron chi connectivity index (χ0n) is 17.1. The van der Waals surface area contributed by atoms with Gasteiger partial charge in [-0.1, -0.05) is 72.8 Å². The third-order valence-corrected chi connectivity index (χ3v) is 4.73. The molecule has 31 heavy (non-hydrogen) atoms. The van der Waals surface area contributed by atoms with Gasteiger partial charge in [0.05, 0.1) is 0 Å². The minimum atomic E-state index is -0.779. The number of hydrogen-bond acceptors (Lipinski definition) is 3. The summed E-state index contributed by atoms with van der Waals surface area (Å²) in [5.74, 6) is -0.600. The lowest BCUT2D eigenvalue weighted by molar-refractivity contribution is -0.123. The number of hydrogen-bond donors (Lipinski definition) is 2. The average molecular weight is 420 g/mol. The van der Waals surface area contributed by atoms with Gasteiger partial charge >= 0.3 is 6.09 Å². The van der Waals surface area contributed by atoms with Crippen molar-refractivity contribution in [2.45, 2.75) is 25.5 Å². The standard InChI is InChI=1S/C25H25FN2O3/c26-22-13-11-19(12-14-22)15-16-27-24(29)23(17-20-7-3-1-4-8-20)28-25(30)31-18-21-9-5-2-6-10-21/h1-14,23H,15-18H2,(H,27,29)(H,28,30)/t23-/m0/s1. The summed E-state index contributed by atoms with van der Waals surface area (Å²) in [6.07, 6.45) is 0.241. The SMILES string of the molecule is O=C(N[C@@H](Cc1ccccc1)C(=O)NCCc1ccc(F)cc1)OCc1ccccc1. The Morgan fingerprint density at radius 3 is 2.06 bits per heavy atom. The molecule has 0 spiro atoms. The van der Waals surface area contributed by atoms with Gasteiger partial charge in [0.2, 0.25) is 5.91 Å². The molecule has 0 bridgehead atoms. The van der Waals surface area contributed by atoms with Crippen LogP contribution in [-0.4, -0.2) is 24.6 Å². The maximum Gasteiger partial charge on any atom is 0.408 e. The van der Waals surface area contributed by atoms with Gasteiger partial charge in [0, 0.05) is 13.0 Å². The first-order chi connectivity index (χ1) is 15.1. The number of amides is 2. The number of benzene rings is 3. The van der Waals surface area contributed by atoms with Crippen molar-refractivity contribution in [2.75, 3.05) is 6.54 Å². The molecule has 1 atom stereocenters. The lowest BCUT2D eigenvalue weighted by atomic mass is 10.1. The van der Waals surface area contributed by atoms with Gasteiger partial charge in [-0.25, -0.2) is 9.18 Å². The number of alkyl carbamates (subject to hydrolysis) is 1. The molecule has 0 saturated heterocycles. The molecule has 5 nitrogen and oxygen atoms in total. The number of nitrogens with one attached hydrogen (secondary N) is 2. The van der Waals surface area contributed by atoms with Gasteiger partial charge in [0.25, 0.3) is 0 Å². The molecule has 0 aliphatic carbocycles. The van der Waals surface area contributed by atoms with Crippen molar-refractivity contribution in [1.29, 1.82) is 0 Å². The fraction of sp³-hybridized carbons (Fsp3) is 0.200. The molecule has 0 aliphatic rings. The Kier molecular flexibility index (Phi) is 8.17. The van der Waals surface area contributed by atoms with Crippen LogP contribution in [-0.2, 0) is 29.0 Å². The highest BCUT2D eigenvalue weighted by Gasteiger charge is 2.21. The molecule has 2 amide bonds. The topological polar surface area (TPSA) is 67.4 Å². The molecule has 160 valence electrons. The summed E-state index contributed by atoms with van der Waals surface area (Å²) >= 11 is 0. The number of carbonyl (C=O) groups is 2. The number of rotatable bonds is 9. The molecule has 0 unspecified atom stereocenters. The van der Waals surface area contributed by atoms with E-state index < -0.39 is 12.1 Å². The second kappa shape index (κ2) is 11.5. The first-order valence-electron chi connectivity index (χ1n) is 10.1. The van der Waals surface area contributed by atoms with E-state index in [0.717, 1.165) is 16.7 Å².